The summed E-state index contributed by atoms with van der Waals surface area (Å²) < 4.78 is 4.24. The van der Waals surface area contributed by atoms with Crippen molar-refractivity contribution in [3.63, 3.8) is 0 Å². The van der Waals surface area contributed by atoms with Gasteiger partial charge in [0.25, 0.3) is 5.76 Å². The molecule has 1 aliphatic heterocycles. The van der Waals surface area contributed by atoms with Crippen molar-refractivity contribution in [2.75, 3.05) is 0 Å². The molecular formula is C16H15O6+. The molecule has 0 bridgehead atoms. The zero-order valence-electron chi connectivity index (χ0n) is 11.6. The molecule has 1 atom stereocenters. The fourth-order valence-corrected chi connectivity index (χ4v) is 2.46. The van der Waals surface area contributed by atoms with Crippen LogP contribution in [0.3, 0.4) is 0 Å². The Morgan fingerprint density at radius 3 is 2.41 bits per heavy atom. The molecule has 1 aromatic rings. The highest BCUT2D eigenvalue weighted by Crippen LogP contribution is 2.39. The third kappa shape index (κ3) is 2.19. The number of aliphatic hydroxyl groups is 5. The fraction of sp³-hybridized carbons (Fsp3) is 0.125. The van der Waals surface area contributed by atoms with Gasteiger partial charge in [0.2, 0.25) is 5.76 Å². The van der Waals surface area contributed by atoms with Crippen molar-refractivity contribution < 1.29 is 30.3 Å². The van der Waals surface area contributed by atoms with E-state index in [1.54, 1.807) is 0 Å². The van der Waals surface area contributed by atoms with Crippen LogP contribution >= 0.6 is 0 Å². The number of aliphatic hydroxyl groups excluding tert-OH is 2. The molecule has 1 heterocycles. The Morgan fingerprint density at radius 1 is 1.00 bits per heavy atom. The van der Waals surface area contributed by atoms with E-state index < -0.39 is 5.60 Å². The summed E-state index contributed by atoms with van der Waals surface area (Å²) in [6.45, 7) is 1.47. The van der Waals surface area contributed by atoms with Crippen molar-refractivity contribution in [2.45, 2.75) is 12.5 Å². The zero-order valence-corrected chi connectivity index (χ0v) is 11.6. The maximum absolute atomic E-state index is 10.3. The first-order valence-corrected chi connectivity index (χ1v) is 6.54. The second-order valence-electron chi connectivity index (χ2n) is 5.35. The average Bonchev–Trinajstić information content (AvgIpc) is 2.41. The minimum absolute atomic E-state index is 0.129. The normalized spacial score (nSPS) is 24.0. The lowest BCUT2D eigenvalue weighted by atomic mass is 9.87. The summed E-state index contributed by atoms with van der Waals surface area (Å²) in [5.41, 5.74) is -0.707. The van der Waals surface area contributed by atoms with Crippen molar-refractivity contribution in [1.29, 1.82) is 0 Å². The molecule has 6 heteroatoms. The zero-order chi connectivity index (χ0) is 16.1. The predicted octanol–water partition coefficient (Wildman–Crippen LogP) is 2.45. The number of aromatic hydroxyl groups is 2. The standard InChI is InChI=1S/C16H14O6/c1-16(21)7-9(17)5-14-10(16)6-13(20)15(22-14)8-2-3-11(18)12(19)4-8/h2-7,17-21H,1H3/p+1. The van der Waals surface area contributed by atoms with Crippen LogP contribution in [0.15, 0.2) is 59.3 Å². The molecule has 0 fully saturated rings. The van der Waals surface area contributed by atoms with Gasteiger partial charge in [-0.05, 0) is 25.1 Å². The Hall–Kier alpha value is -2.86. The summed E-state index contributed by atoms with van der Waals surface area (Å²) in [7, 11) is 0. The van der Waals surface area contributed by atoms with E-state index in [2.05, 4.69) is 4.74 Å². The first-order chi connectivity index (χ1) is 10.3. The quantitative estimate of drug-likeness (QED) is 0.404. The number of fused-ring (bicyclic) bond motifs is 1. The van der Waals surface area contributed by atoms with E-state index in [1.165, 1.54) is 43.4 Å². The Bertz CT molecular complexity index is 780. The third-order valence-electron chi connectivity index (χ3n) is 3.54. The smallest absolute Gasteiger partial charge is 0.310 e. The van der Waals surface area contributed by atoms with Crippen LogP contribution in [-0.4, -0.2) is 35.9 Å². The summed E-state index contributed by atoms with van der Waals surface area (Å²) >= 11 is 0. The van der Waals surface area contributed by atoms with E-state index in [0.29, 0.717) is 16.9 Å². The maximum Gasteiger partial charge on any atom is 0.310 e. The van der Waals surface area contributed by atoms with E-state index in [1.807, 2.05) is 0 Å². The lowest BCUT2D eigenvalue weighted by Gasteiger charge is -2.28. The van der Waals surface area contributed by atoms with E-state index in [9.17, 15) is 25.5 Å². The number of rotatable bonds is 1. The summed E-state index contributed by atoms with van der Waals surface area (Å²) in [5.74, 6) is -0.463. The summed E-state index contributed by atoms with van der Waals surface area (Å²) in [5, 5.41) is 49.0. The first-order valence-electron chi connectivity index (χ1n) is 6.54. The summed E-state index contributed by atoms with van der Waals surface area (Å²) in [6, 6.07) is 4.03. The number of ether oxygens (including phenoxy) is 1. The van der Waals surface area contributed by atoms with Gasteiger partial charge in [-0.2, -0.15) is 0 Å². The molecule has 0 radical (unpaired) electrons. The highest BCUT2D eigenvalue weighted by atomic mass is 16.5. The van der Waals surface area contributed by atoms with Gasteiger partial charge in [0.1, 0.15) is 11.4 Å². The van der Waals surface area contributed by atoms with Crippen LogP contribution in [0.4, 0.5) is 0 Å². The molecule has 114 valence electrons. The van der Waals surface area contributed by atoms with Gasteiger partial charge in [-0.1, -0.05) is 0 Å². The Kier molecular flexibility index (Phi) is 2.93. The van der Waals surface area contributed by atoms with Gasteiger partial charge in [-0.15, -0.1) is 0 Å². The lowest BCUT2D eigenvalue weighted by Crippen LogP contribution is -2.31. The van der Waals surface area contributed by atoms with E-state index in [0.717, 1.165) is 0 Å². The fourth-order valence-electron chi connectivity index (χ4n) is 2.46. The lowest BCUT2D eigenvalue weighted by molar-refractivity contribution is 0.104. The van der Waals surface area contributed by atoms with Gasteiger partial charge < -0.3 is 30.3 Å². The van der Waals surface area contributed by atoms with Gasteiger partial charge in [0.15, 0.2) is 11.5 Å². The molecule has 1 unspecified atom stereocenters. The first kappa shape index (κ1) is 14.1. The van der Waals surface area contributed by atoms with Crippen LogP contribution in [0, 0.1) is 0 Å². The molecule has 1 aromatic carbocycles. The van der Waals surface area contributed by atoms with Gasteiger partial charge in [-0.25, -0.2) is 0 Å². The van der Waals surface area contributed by atoms with Crippen molar-refractivity contribution in [2.24, 2.45) is 0 Å². The van der Waals surface area contributed by atoms with Crippen LogP contribution < -0.4 is 0 Å². The molecule has 22 heavy (non-hydrogen) atoms. The highest BCUT2D eigenvalue weighted by molar-refractivity contribution is 5.70. The Labute approximate surface area is 125 Å². The number of benzene rings is 1. The maximum atomic E-state index is 10.3. The summed E-state index contributed by atoms with van der Waals surface area (Å²) in [4.78, 5) is 0. The summed E-state index contributed by atoms with van der Waals surface area (Å²) in [6.07, 6.45) is 3.99. The molecule has 1 aliphatic carbocycles. The molecule has 0 amide bonds. The SMILES string of the molecule is CC1(O)C=C(O)C=C2[OH+]C(c3ccc(O)c(O)c3)=C(O)C=C21. The minimum Gasteiger partial charge on any atom is -0.543 e. The van der Waals surface area contributed by atoms with Crippen molar-refractivity contribution >= 4 is 5.76 Å². The minimum atomic E-state index is -1.45. The van der Waals surface area contributed by atoms with Gasteiger partial charge >= 0.3 is 5.76 Å². The van der Waals surface area contributed by atoms with E-state index in [-0.39, 0.29) is 28.8 Å². The highest BCUT2D eigenvalue weighted by Gasteiger charge is 2.39. The molecule has 0 saturated carbocycles. The van der Waals surface area contributed by atoms with Crippen LogP contribution in [0.1, 0.15) is 12.5 Å². The second-order valence-corrected chi connectivity index (χ2v) is 5.35. The predicted molar refractivity (Wildman–Crippen MR) is 79.5 cm³/mol. The third-order valence-corrected chi connectivity index (χ3v) is 3.54. The second kappa shape index (κ2) is 4.57. The molecular weight excluding hydrogens is 288 g/mol. The van der Waals surface area contributed by atoms with Crippen molar-refractivity contribution in [3.8, 4) is 11.5 Å². The van der Waals surface area contributed by atoms with E-state index in [4.69, 9.17) is 0 Å². The molecule has 6 N–H and O–H groups in total. The average molecular weight is 303 g/mol. The number of phenols is 2. The van der Waals surface area contributed by atoms with Gasteiger partial charge in [0.05, 0.1) is 17.2 Å². The number of hydrogen-bond acceptors (Lipinski definition) is 5. The monoisotopic (exact) mass is 303 g/mol. The number of phenolic OH excluding ortho intramolecular Hbond substituents is 2. The molecule has 6 nitrogen and oxygen atoms in total. The molecule has 3 rings (SSSR count). The molecule has 0 spiro atoms. The van der Waals surface area contributed by atoms with Crippen LogP contribution in [0.2, 0.25) is 0 Å². The Morgan fingerprint density at radius 2 is 1.73 bits per heavy atom. The molecule has 0 saturated heterocycles. The van der Waals surface area contributed by atoms with Crippen LogP contribution in [0.5, 0.6) is 11.5 Å². The number of hydrogen-bond donors (Lipinski definition) is 5. The van der Waals surface area contributed by atoms with Gasteiger partial charge in [0, 0.05) is 12.1 Å². The van der Waals surface area contributed by atoms with Crippen molar-refractivity contribution in [1.82, 2.24) is 0 Å². The van der Waals surface area contributed by atoms with Crippen LogP contribution in [0.25, 0.3) is 5.76 Å². The topological polar surface area (TPSA) is 114 Å². The largest absolute Gasteiger partial charge is 0.543 e. The van der Waals surface area contributed by atoms with Crippen LogP contribution in [-0.2, 0) is 0 Å². The number of allylic oxidation sites excluding steroid dienone is 2. The van der Waals surface area contributed by atoms with Gasteiger partial charge in [-0.3, -0.25) is 0 Å². The molecule has 2 aliphatic rings. The van der Waals surface area contributed by atoms with Crippen molar-refractivity contribution in [3.05, 3.63) is 64.8 Å². The molecule has 0 aromatic heterocycles. The Balaban J connectivity index is 2.10. The van der Waals surface area contributed by atoms with E-state index >= 15 is 0 Å².